The number of carboxylic acid groups (broad SMARTS) is 1. The minimum Gasteiger partial charge on any atom is -0.497 e. The monoisotopic (exact) mass is 536 g/mol. The maximum Gasteiger partial charge on any atom is 0.343 e. The Kier molecular flexibility index (Phi) is 6.60. The van der Waals surface area contributed by atoms with Gasteiger partial charge in [-0.2, -0.15) is 0 Å². The predicted octanol–water partition coefficient (Wildman–Crippen LogP) is 0.897. The van der Waals surface area contributed by atoms with Crippen LogP contribution in [-0.2, 0) is 44.4 Å². The molecule has 4 heterocycles. The van der Waals surface area contributed by atoms with E-state index < -0.39 is 35.0 Å². The van der Waals surface area contributed by atoms with Gasteiger partial charge in [0.2, 0.25) is 5.91 Å². The van der Waals surface area contributed by atoms with Crippen molar-refractivity contribution in [3.63, 3.8) is 0 Å². The van der Waals surface area contributed by atoms with Gasteiger partial charge in [0, 0.05) is 29.5 Å². The lowest BCUT2D eigenvalue weighted by Crippen LogP contribution is -2.44. The summed E-state index contributed by atoms with van der Waals surface area (Å²) in [5.74, 6) is -1.79. The van der Waals surface area contributed by atoms with Gasteiger partial charge in [0.15, 0.2) is 5.60 Å². The number of fused-ring (bicyclic) bond motifs is 5. The van der Waals surface area contributed by atoms with Crippen molar-refractivity contribution in [1.82, 2.24) is 14.9 Å². The number of cyclic esters (lactones) is 1. The van der Waals surface area contributed by atoms with E-state index in [0.29, 0.717) is 39.2 Å². The fourth-order valence-electron chi connectivity index (χ4n) is 5.19. The van der Waals surface area contributed by atoms with Gasteiger partial charge in [-0.05, 0) is 42.7 Å². The highest BCUT2D eigenvalue weighted by molar-refractivity contribution is 5.90. The zero-order chi connectivity index (χ0) is 28.1. The number of methoxy groups -OCH3 is 1. The van der Waals surface area contributed by atoms with E-state index in [-0.39, 0.29) is 50.1 Å². The summed E-state index contributed by atoms with van der Waals surface area (Å²) in [7, 11) is 1.53. The van der Waals surface area contributed by atoms with E-state index in [9.17, 15) is 24.3 Å². The fraction of sp³-hybridized carbons (Fsp3) is 0.370. The molecule has 12 heteroatoms. The van der Waals surface area contributed by atoms with E-state index in [1.807, 2.05) is 0 Å². The number of nitrogens with two attached hydrogens (primary N) is 1. The first-order valence-electron chi connectivity index (χ1n) is 12.5. The van der Waals surface area contributed by atoms with Gasteiger partial charge in [0.25, 0.3) is 5.56 Å². The standard InChI is InChI=1S/C27H28N4O8/c1-3-27(37)18-9-21-23-16(11-31(21)25(35)17(18)12-39-26(27)36)15(10-29-24(34)19(28)5-7-22(32)33)14-8-13(38-2)4-6-20(14)30-23/h4,6,8-9,19,37H,3,5,7,10-12,28H2,1-2H3,(H,29,34)(H,32,33)/t19-,27-/m0/s1. The van der Waals surface area contributed by atoms with E-state index in [1.165, 1.54) is 11.7 Å². The number of aliphatic carboxylic acids is 1. The first-order chi connectivity index (χ1) is 18.6. The van der Waals surface area contributed by atoms with Crippen molar-refractivity contribution in [1.29, 1.82) is 0 Å². The Labute approximate surface area is 222 Å². The Hall–Kier alpha value is -4.29. The molecule has 0 bridgehead atoms. The summed E-state index contributed by atoms with van der Waals surface area (Å²) in [5, 5.41) is 23.5. The number of carbonyl (C=O) groups is 3. The second-order valence-electron chi connectivity index (χ2n) is 9.66. The molecule has 2 aliphatic heterocycles. The molecule has 0 radical (unpaired) electrons. The molecule has 2 aliphatic rings. The van der Waals surface area contributed by atoms with Gasteiger partial charge in [-0.15, -0.1) is 0 Å². The van der Waals surface area contributed by atoms with Crippen LogP contribution < -0.4 is 21.3 Å². The molecule has 0 spiro atoms. The van der Waals surface area contributed by atoms with Crippen LogP contribution in [0.15, 0.2) is 29.1 Å². The number of benzene rings is 1. The zero-order valence-corrected chi connectivity index (χ0v) is 21.4. The highest BCUT2D eigenvalue weighted by Gasteiger charge is 2.45. The third-order valence-electron chi connectivity index (χ3n) is 7.46. The number of aliphatic hydroxyl groups is 1. The Morgan fingerprint density at radius 3 is 2.74 bits per heavy atom. The van der Waals surface area contributed by atoms with Gasteiger partial charge in [0.1, 0.15) is 12.4 Å². The molecule has 0 saturated carbocycles. The molecular formula is C27H28N4O8. The van der Waals surface area contributed by atoms with Crippen molar-refractivity contribution in [2.24, 2.45) is 5.73 Å². The second kappa shape index (κ2) is 9.79. The average molecular weight is 537 g/mol. The number of amides is 1. The quantitative estimate of drug-likeness (QED) is 0.236. The van der Waals surface area contributed by atoms with E-state index in [2.05, 4.69) is 5.32 Å². The summed E-state index contributed by atoms with van der Waals surface area (Å²) in [5.41, 5.74) is 6.85. The summed E-state index contributed by atoms with van der Waals surface area (Å²) in [6.45, 7) is 1.58. The minimum atomic E-state index is -1.95. The van der Waals surface area contributed by atoms with Crippen LogP contribution in [0.3, 0.4) is 0 Å². The Morgan fingerprint density at radius 1 is 1.28 bits per heavy atom. The number of nitrogens with zero attached hydrogens (tertiary/aromatic N) is 2. The first kappa shape index (κ1) is 26.3. The maximum absolute atomic E-state index is 13.6. The number of rotatable bonds is 8. The lowest BCUT2D eigenvalue weighted by molar-refractivity contribution is -0.172. The third-order valence-corrected chi connectivity index (χ3v) is 7.46. The summed E-state index contributed by atoms with van der Waals surface area (Å²) in [6, 6.07) is 5.91. The molecule has 2 atom stereocenters. The molecule has 1 aromatic carbocycles. The van der Waals surface area contributed by atoms with Gasteiger partial charge >= 0.3 is 11.9 Å². The third kappa shape index (κ3) is 4.31. The van der Waals surface area contributed by atoms with Crippen LogP contribution in [0, 0.1) is 0 Å². The van der Waals surface area contributed by atoms with Crippen LogP contribution >= 0.6 is 0 Å². The number of pyridine rings is 2. The van der Waals surface area contributed by atoms with Crippen LogP contribution in [0.5, 0.6) is 5.75 Å². The number of nitrogens with one attached hydrogen (secondary N) is 1. The molecule has 5 N–H and O–H groups in total. The fourth-order valence-corrected chi connectivity index (χ4v) is 5.19. The van der Waals surface area contributed by atoms with Gasteiger partial charge in [-0.1, -0.05) is 6.92 Å². The summed E-state index contributed by atoms with van der Waals surface area (Å²) < 4.78 is 12.0. The van der Waals surface area contributed by atoms with Crippen LogP contribution in [0.2, 0.25) is 0 Å². The molecule has 12 nitrogen and oxygen atoms in total. The average Bonchev–Trinajstić information content (AvgIpc) is 3.30. The van der Waals surface area contributed by atoms with Gasteiger partial charge in [0.05, 0.1) is 42.2 Å². The largest absolute Gasteiger partial charge is 0.497 e. The number of aromatic nitrogens is 2. The Morgan fingerprint density at radius 2 is 2.05 bits per heavy atom. The molecule has 0 unspecified atom stereocenters. The summed E-state index contributed by atoms with van der Waals surface area (Å²) in [4.78, 5) is 54.4. The topological polar surface area (TPSA) is 183 Å². The minimum absolute atomic E-state index is 0.0162. The molecule has 0 fully saturated rings. The SMILES string of the molecule is CC[C@@]1(O)C(=O)OCc2c1cc1n(c2=O)Cc2c-1nc1ccc(OC)cc1c2CNC(=O)[C@@H](N)CCC(=O)O. The van der Waals surface area contributed by atoms with E-state index in [0.717, 1.165) is 0 Å². The molecule has 1 amide bonds. The molecule has 39 heavy (non-hydrogen) atoms. The number of ether oxygens (including phenoxy) is 2. The Bertz CT molecular complexity index is 1600. The number of hydrogen-bond donors (Lipinski definition) is 4. The van der Waals surface area contributed by atoms with Crippen LogP contribution in [-0.4, -0.2) is 50.8 Å². The number of carboxylic acids is 1. The highest BCUT2D eigenvalue weighted by atomic mass is 16.6. The summed E-state index contributed by atoms with van der Waals surface area (Å²) >= 11 is 0. The smallest absolute Gasteiger partial charge is 0.343 e. The van der Waals surface area contributed by atoms with Crippen molar-refractivity contribution in [2.75, 3.05) is 7.11 Å². The van der Waals surface area contributed by atoms with Crippen molar-refractivity contribution >= 4 is 28.7 Å². The molecule has 5 rings (SSSR count). The molecule has 3 aromatic rings. The van der Waals surface area contributed by atoms with E-state index >= 15 is 0 Å². The second-order valence-corrected chi connectivity index (χ2v) is 9.66. The molecule has 2 aromatic heterocycles. The highest BCUT2D eigenvalue weighted by Crippen LogP contribution is 2.40. The van der Waals surface area contributed by atoms with Crippen molar-refractivity contribution in [3.05, 3.63) is 56.9 Å². The molecular weight excluding hydrogens is 508 g/mol. The normalized spacial score (nSPS) is 18.1. The predicted molar refractivity (Wildman–Crippen MR) is 138 cm³/mol. The van der Waals surface area contributed by atoms with Crippen LogP contribution in [0.4, 0.5) is 0 Å². The first-order valence-corrected chi connectivity index (χ1v) is 12.5. The number of hydrogen-bond acceptors (Lipinski definition) is 9. The molecule has 0 aliphatic carbocycles. The lowest BCUT2D eigenvalue weighted by atomic mass is 9.86. The van der Waals surface area contributed by atoms with Crippen LogP contribution in [0.25, 0.3) is 22.3 Å². The van der Waals surface area contributed by atoms with Gasteiger partial charge < -0.3 is 35.3 Å². The summed E-state index contributed by atoms with van der Waals surface area (Å²) in [6.07, 6.45) is -0.227. The number of carbonyl (C=O) groups excluding carboxylic acids is 2. The molecule has 204 valence electrons. The zero-order valence-electron chi connectivity index (χ0n) is 21.4. The van der Waals surface area contributed by atoms with Crippen molar-refractivity contribution in [2.45, 2.75) is 57.5 Å². The molecule has 0 saturated heterocycles. The van der Waals surface area contributed by atoms with Gasteiger partial charge in [-0.25, -0.2) is 9.78 Å². The van der Waals surface area contributed by atoms with Crippen molar-refractivity contribution in [3.8, 4) is 17.1 Å². The lowest BCUT2D eigenvalue weighted by Gasteiger charge is -2.31. The Balaban J connectivity index is 1.62. The van der Waals surface area contributed by atoms with E-state index in [1.54, 1.807) is 31.2 Å². The van der Waals surface area contributed by atoms with E-state index in [4.69, 9.17) is 25.3 Å². The number of esters is 1. The maximum atomic E-state index is 13.6. The van der Waals surface area contributed by atoms with Crippen molar-refractivity contribution < 1.29 is 34.1 Å². The van der Waals surface area contributed by atoms with Crippen LogP contribution in [0.1, 0.15) is 48.4 Å². The van der Waals surface area contributed by atoms with Gasteiger partial charge in [-0.3, -0.25) is 14.4 Å².